The molecule has 0 spiro atoms. The lowest BCUT2D eigenvalue weighted by Gasteiger charge is -2.22. The molecule has 0 saturated heterocycles. The van der Waals surface area contributed by atoms with Crippen LogP contribution in [0.25, 0.3) is 0 Å². The van der Waals surface area contributed by atoms with Gasteiger partial charge in [-0.05, 0) is 0 Å². The van der Waals surface area contributed by atoms with E-state index in [9.17, 15) is 14.7 Å². The maximum atomic E-state index is 11.1. The average molecular weight is 220 g/mol. The van der Waals surface area contributed by atoms with E-state index in [-0.39, 0.29) is 0 Å². The van der Waals surface area contributed by atoms with Crippen LogP contribution >= 0.6 is 11.8 Å². The minimum absolute atomic E-state index is 0.701. The largest absolute Gasteiger partial charge is 0.508 e. The van der Waals surface area contributed by atoms with E-state index in [4.69, 9.17) is 10.2 Å². The second kappa shape index (κ2) is 3.50. The van der Waals surface area contributed by atoms with E-state index in [2.05, 4.69) is 4.74 Å². The second-order valence-electron chi connectivity index (χ2n) is 2.61. The van der Waals surface area contributed by atoms with E-state index < -0.39 is 28.5 Å². The quantitative estimate of drug-likeness (QED) is 0.538. The van der Waals surface area contributed by atoms with Crippen molar-refractivity contribution in [3.63, 3.8) is 0 Å². The molecule has 6 nitrogen and oxygen atoms in total. The van der Waals surface area contributed by atoms with Crippen molar-refractivity contribution in [1.82, 2.24) is 0 Å². The Morgan fingerprint density at radius 1 is 1.64 bits per heavy atom. The molecule has 2 unspecified atom stereocenters. The van der Waals surface area contributed by atoms with E-state index in [0.717, 1.165) is 12.5 Å². The minimum Gasteiger partial charge on any atom is -0.508 e. The number of carboxylic acids is 1. The van der Waals surface area contributed by atoms with Gasteiger partial charge in [0, 0.05) is 5.41 Å². The summed E-state index contributed by atoms with van der Waals surface area (Å²) in [6, 6.07) is 0. The van der Waals surface area contributed by atoms with E-state index in [1.54, 1.807) is 0 Å². The molecule has 78 valence electrons. The van der Waals surface area contributed by atoms with Crippen molar-refractivity contribution in [3.8, 4) is 0 Å². The Morgan fingerprint density at radius 3 is 2.64 bits per heavy atom. The van der Waals surface area contributed by atoms with Crippen LogP contribution in [-0.4, -0.2) is 45.2 Å². The van der Waals surface area contributed by atoms with E-state index in [0.29, 0.717) is 11.8 Å². The molecule has 0 aromatic rings. The van der Waals surface area contributed by atoms with Gasteiger partial charge in [-0.15, -0.1) is 11.8 Å². The van der Waals surface area contributed by atoms with E-state index in [1.807, 2.05) is 0 Å². The van der Waals surface area contributed by atoms with Gasteiger partial charge in [0.2, 0.25) is 5.60 Å². The van der Waals surface area contributed by atoms with Crippen molar-refractivity contribution in [2.75, 3.05) is 7.11 Å². The third-order valence-corrected chi connectivity index (χ3v) is 2.99. The van der Waals surface area contributed by atoms with Gasteiger partial charge in [0.05, 0.1) is 7.11 Å². The van der Waals surface area contributed by atoms with Crippen molar-refractivity contribution in [3.05, 3.63) is 11.2 Å². The molecule has 1 aliphatic heterocycles. The first-order valence-corrected chi connectivity index (χ1v) is 4.47. The Morgan fingerprint density at radius 2 is 2.21 bits per heavy atom. The number of carbonyl (C=O) groups is 2. The Hall–Kier alpha value is -1.21. The summed E-state index contributed by atoms with van der Waals surface area (Å²) in [6.45, 7) is 0. The summed E-state index contributed by atoms with van der Waals surface area (Å²) in [5.41, 5.74) is -2.59. The Kier molecular flexibility index (Phi) is 2.72. The van der Waals surface area contributed by atoms with Crippen molar-refractivity contribution < 1.29 is 29.6 Å². The molecule has 0 saturated carbocycles. The van der Waals surface area contributed by atoms with Crippen LogP contribution in [0.15, 0.2) is 11.2 Å². The molecule has 0 fully saturated rings. The third kappa shape index (κ3) is 1.34. The predicted molar refractivity (Wildman–Crippen MR) is 46.7 cm³/mol. The summed E-state index contributed by atoms with van der Waals surface area (Å²) < 4.78 is 4.30. The Balaban J connectivity index is 3.04. The van der Waals surface area contributed by atoms with Crippen LogP contribution in [0.1, 0.15) is 0 Å². The van der Waals surface area contributed by atoms with Crippen LogP contribution < -0.4 is 0 Å². The fourth-order valence-corrected chi connectivity index (χ4v) is 2.08. The Bertz CT molecular complexity index is 311. The number of thioether (sulfide) groups is 1. The zero-order valence-corrected chi connectivity index (χ0v) is 7.95. The number of carbonyl (C=O) groups excluding carboxylic acids is 1. The number of hydrogen-bond acceptors (Lipinski definition) is 6. The molecule has 7 heteroatoms. The molecule has 0 aliphatic carbocycles. The van der Waals surface area contributed by atoms with Gasteiger partial charge in [0.15, 0.2) is 5.25 Å². The molecule has 14 heavy (non-hydrogen) atoms. The van der Waals surface area contributed by atoms with Crippen LogP contribution in [0.2, 0.25) is 0 Å². The van der Waals surface area contributed by atoms with Crippen LogP contribution in [0.4, 0.5) is 0 Å². The Labute approximate surface area is 83.2 Å². The predicted octanol–water partition coefficient (Wildman–Crippen LogP) is -0.510. The standard InChI is InChI=1S/C7H8O6S/c1-13-5(9)4-7(12,6(10)11)3(8)2-14-4/h2,4,8,12H,1H3,(H,10,11). The first-order chi connectivity index (χ1) is 6.44. The molecule has 3 N–H and O–H groups in total. The number of aliphatic hydroxyl groups is 2. The van der Waals surface area contributed by atoms with Crippen molar-refractivity contribution in [2.45, 2.75) is 10.9 Å². The van der Waals surface area contributed by atoms with Crippen LogP contribution in [-0.2, 0) is 14.3 Å². The van der Waals surface area contributed by atoms with Crippen LogP contribution in [0, 0.1) is 0 Å². The summed E-state index contributed by atoms with van der Waals surface area (Å²) in [4.78, 5) is 21.8. The first kappa shape index (κ1) is 10.9. The van der Waals surface area contributed by atoms with Gasteiger partial charge in [-0.3, -0.25) is 4.79 Å². The number of aliphatic hydroxyl groups excluding tert-OH is 1. The number of rotatable bonds is 2. The van der Waals surface area contributed by atoms with Gasteiger partial charge < -0.3 is 20.1 Å². The summed E-state index contributed by atoms with van der Waals surface area (Å²) in [5.74, 6) is -3.35. The SMILES string of the molecule is COC(=O)C1SC=C(O)C1(O)C(=O)O. The second-order valence-corrected chi connectivity index (χ2v) is 3.59. The van der Waals surface area contributed by atoms with Gasteiger partial charge in [0.25, 0.3) is 0 Å². The fraction of sp³-hybridized carbons (Fsp3) is 0.429. The number of carboxylic acid groups (broad SMARTS) is 1. The topological polar surface area (TPSA) is 104 Å². The molecule has 1 rings (SSSR count). The number of esters is 1. The number of aliphatic carboxylic acids is 1. The average Bonchev–Trinajstić information content (AvgIpc) is 2.44. The minimum atomic E-state index is -2.59. The van der Waals surface area contributed by atoms with E-state index >= 15 is 0 Å². The molecule has 1 heterocycles. The van der Waals surface area contributed by atoms with Gasteiger partial charge in [-0.25, -0.2) is 4.79 Å². The van der Waals surface area contributed by atoms with Gasteiger partial charge >= 0.3 is 11.9 Å². The van der Waals surface area contributed by atoms with Crippen molar-refractivity contribution in [1.29, 1.82) is 0 Å². The van der Waals surface area contributed by atoms with Crippen molar-refractivity contribution >= 4 is 23.7 Å². The summed E-state index contributed by atoms with van der Waals surface area (Å²) in [7, 11) is 1.07. The summed E-state index contributed by atoms with van der Waals surface area (Å²) in [5, 5.41) is 27.0. The van der Waals surface area contributed by atoms with Gasteiger partial charge in [-0.1, -0.05) is 0 Å². The molecule has 2 atom stereocenters. The lowest BCUT2D eigenvalue weighted by Crippen LogP contribution is -2.50. The molecular formula is C7H8O6S. The number of methoxy groups -OCH3 is 1. The third-order valence-electron chi connectivity index (χ3n) is 1.83. The molecular weight excluding hydrogens is 212 g/mol. The van der Waals surface area contributed by atoms with Gasteiger partial charge in [-0.2, -0.15) is 0 Å². The molecule has 1 aliphatic rings. The monoisotopic (exact) mass is 220 g/mol. The number of ether oxygens (including phenoxy) is 1. The highest BCUT2D eigenvalue weighted by Gasteiger charge is 2.56. The summed E-state index contributed by atoms with van der Waals surface area (Å²) in [6.07, 6.45) is 0. The normalized spacial score (nSPS) is 31.0. The molecule has 0 aromatic heterocycles. The van der Waals surface area contributed by atoms with Gasteiger partial charge in [0.1, 0.15) is 5.76 Å². The van der Waals surface area contributed by atoms with Crippen LogP contribution in [0.5, 0.6) is 0 Å². The smallest absolute Gasteiger partial charge is 0.345 e. The van der Waals surface area contributed by atoms with E-state index in [1.165, 1.54) is 0 Å². The highest BCUT2D eigenvalue weighted by molar-refractivity contribution is 8.03. The lowest BCUT2D eigenvalue weighted by atomic mass is 9.98. The maximum absolute atomic E-state index is 11.1. The van der Waals surface area contributed by atoms with Crippen LogP contribution in [0.3, 0.4) is 0 Å². The van der Waals surface area contributed by atoms with Crippen molar-refractivity contribution in [2.24, 2.45) is 0 Å². The molecule has 0 aromatic carbocycles. The lowest BCUT2D eigenvalue weighted by molar-refractivity contribution is -0.163. The zero-order valence-electron chi connectivity index (χ0n) is 7.13. The fourth-order valence-electron chi connectivity index (χ4n) is 1.01. The molecule has 0 amide bonds. The highest BCUT2D eigenvalue weighted by Crippen LogP contribution is 2.38. The highest BCUT2D eigenvalue weighted by atomic mass is 32.2. The first-order valence-electron chi connectivity index (χ1n) is 3.53. The number of hydrogen-bond donors (Lipinski definition) is 3. The zero-order chi connectivity index (χ0) is 10.9. The summed E-state index contributed by atoms with van der Waals surface area (Å²) >= 11 is 0.701. The maximum Gasteiger partial charge on any atom is 0.345 e. The molecule has 0 bridgehead atoms. The molecule has 0 radical (unpaired) electrons.